The number of nitrogens with zero attached hydrogens (tertiary/aromatic N) is 1. The normalized spacial score (nSPS) is 38.1. The van der Waals surface area contributed by atoms with Crippen LogP contribution in [0, 0.1) is 17.8 Å². The Bertz CT molecular complexity index is 505. The van der Waals surface area contributed by atoms with Gasteiger partial charge in [0.05, 0.1) is 4.88 Å². The van der Waals surface area contributed by atoms with Crippen LogP contribution in [0.5, 0.6) is 5.88 Å². The summed E-state index contributed by atoms with van der Waals surface area (Å²) in [4.78, 5) is 15.5. The van der Waals surface area contributed by atoms with Gasteiger partial charge in [-0.1, -0.05) is 11.3 Å². The molecule has 5 rings (SSSR count). The van der Waals surface area contributed by atoms with E-state index in [0.717, 1.165) is 29.2 Å². The van der Waals surface area contributed by atoms with Crippen molar-refractivity contribution in [3.05, 3.63) is 4.88 Å². The fourth-order valence-electron chi connectivity index (χ4n) is 5.10. The van der Waals surface area contributed by atoms with Gasteiger partial charge in [0.2, 0.25) is 5.88 Å². The first-order chi connectivity index (χ1) is 9.66. The van der Waals surface area contributed by atoms with E-state index in [0.29, 0.717) is 4.88 Å². The van der Waals surface area contributed by atoms with Crippen LogP contribution in [0.4, 0.5) is 5.13 Å². The number of rotatable bonds is 4. The van der Waals surface area contributed by atoms with Gasteiger partial charge in [0.25, 0.3) is 0 Å². The fraction of sp³-hybridized carbons (Fsp3) is 0.733. The van der Waals surface area contributed by atoms with E-state index < -0.39 is 0 Å². The molecule has 4 fully saturated rings. The molecule has 0 atom stereocenters. The van der Waals surface area contributed by atoms with Crippen LogP contribution in [0.2, 0.25) is 0 Å². The third-order valence-corrected chi connectivity index (χ3v) is 6.34. The standard InChI is InChI=1S/C15H20N2O2S/c18-2-1-12-13(19)16-14(20-12)17-15-6-9-3-10(7-15)5-11(4-9)8-15/h2,9-11,19H,1,3-8H2,(H,16,17). The van der Waals surface area contributed by atoms with Gasteiger partial charge in [-0.2, -0.15) is 4.98 Å². The van der Waals surface area contributed by atoms with Crippen LogP contribution in [0.25, 0.3) is 0 Å². The zero-order valence-electron chi connectivity index (χ0n) is 11.5. The van der Waals surface area contributed by atoms with Crippen molar-refractivity contribution in [3.63, 3.8) is 0 Å². The highest BCUT2D eigenvalue weighted by Crippen LogP contribution is 2.56. The minimum absolute atomic E-state index is 0.0225. The molecule has 4 aliphatic carbocycles. The summed E-state index contributed by atoms with van der Waals surface area (Å²) in [5.41, 5.74) is 0.206. The smallest absolute Gasteiger partial charge is 0.227 e. The largest absolute Gasteiger partial charge is 0.492 e. The van der Waals surface area contributed by atoms with E-state index >= 15 is 0 Å². The number of anilines is 1. The molecule has 0 unspecified atom stereocenters. The molecule has 0 aliphatic heterocycles. The number of hydrogen-bond acceptors (Lipinski definition) is 5. The number of nitrogens with one attached hydrogen (secondary N) is 1. The van der Waals surface area contributed by atoms with E-state index in [2.05, 4.69) is 10.3 Å². The molecule has 4 bridgehead atoms. The lowest BCUT2D eigenvalue weighted by molar-refractivity contribution is -0.107. The van der Waals surface area contributed by atoms with Gasteiger partial charge in [-0.3, -0.25) is 0 Å². The summed E-state index contributed by atoms with van der Waals surface area (Å²) in [5, 5.41) is 14.2. The van der Waals surface area contributed by atoms with E-state index in [9.17, 15) is 9.90 Å². The maximum absolute atomic E-state index is 10.6. The van der Waals surface area contributed by atoms with E-state index in [1.807, 2.05) is 0 Å². The summed E-state index contributed by atoms with van der Waals surface area (Å²) < 4.78 is 0. The fourth-order valence-corrected chi connectivity index (χ4v) is 6.02. The first kappa shape index (κ1) is 12.6. The number of thiazole rings is 1. The Morgan fingerprint density at radius 1 is 1.25 bits per heavy atom. The maximum Gasteiger partial charge on any atom is 0.227 e. The van der Waals surface area contributed by atoms with E-state index in [1.165, 1.54) is 49.9 Å². The highest BCUT2D eigenvalue weighted by Gasteiger charge is 2.51. The number of aldehydes is 1. The number of aromatic hydroxyl groups is 1. The highest BCUT2D eigenvalue weighted by molar-refractivity contribution is 7.16. The number of carbonyl (C=O) groups excluding carboxylic acids is 1. The number of hydrogen-bond donors (Lipinski definition) is 2. The van der Waals surface area contributed by atoms with Gasteiger partial charge >= 0.3 is 0 Å². The Hall–Kier alpha value is -1.10. The molecular weight excluding hydrogens is 272 g/mol. The predicted molar refractivity (Wildman–Crippen MR) is 78.1 cm³/mol. The SMILES string of the molecule is O=CCc1sc(NC23CC4CC(CC(C4)C2)C3)nc1O. The first-order valence-electron chi connectivity index (χ1n) is 7.56. The van der Waals surface area contributed by atoms with Crippen molar-refractivity contribution in [3.8, 4) is 5.88 Å². The molecule has 0 radical (unpaired) electrons. The Morgan fingerprint density at radius 2 is 1.85 bits per heavy atom. The topological polar surface area (TPSA) is 62.2 Å². The molecule has 5 heteroatoms. The Morgan fingerprint density at radius 3 is 2.40 bits per heavy atom. The van der Waals surface area contributed by atoms with Gasteiger partial charge < -0.3 is 15.2 Å². The maximum atomic E-state index is 10.6. The second-order valence-corrected chi connectivity index (χ2v) is 8.04. The van der Waals surface area contributed by atoms with Crippen LogP contribution < -0.4 is 5.32 Å². The van der Waals surface area contributed by atoms with Crippen LogP contribution in [-0.4, -0.2) is 21.9 Å². The average Bonchev–Trinajstić information content (AvgIpc) is 2.67. The molecule has 1 aromatic rings. The van der Waals surface area contributed by atoms with Gasteiger partial charge in [0.15, 0.2) is 5.13 Å². The van der Waals surface area contributed by atoms with Gasteiger partial charge in [-0.05, 0) is 56.3 Å². The molecule has 0 spiro atoms. The van der Waals surface area contributed by atoms with Crippen LogP contribution >= 0.6 is 11.3 Å². The minimum atomic E-state index is 0.0225. The molecule has 2 N–H and O–H groups in total. The molecule has 0 amide bonds. The molecule has 4 saturated carbocycles. The quantitative estimate of drug-likeness (QED) is 0.838. The minimum Gasteiger partial charge on any atom is -0.492 e. The van der Waals surface area contributed by atoms with Crippen LogP contribution in [0.1, 0.15) is 43.4 Å². The highest BCUT2D eigenvalue weighted by atomic mass is 32.1. The van der Waals surface area contributed by atoms with Gasteiger partial charge in [-0.25, -0.2) is 0 Å². The summed E-state index contributed by atoms with van der Waals surface area (Å²) in [5.74, 6) is 2.68. The lowest BCUT2D eigenvalue weighted by atomic mass is 9.53. The first-order valence-corrected chi connectivity index (χ1v) is 8.38. The molecule has 0 aromatic carbocycles. The molecule has 4 aliphatic rings. The average molecular weight is 292 g/mol. The molecule has 108 valence electrons. The van der Waals surface area contributed by atoms with E-state index in [4.69, 9.17) is 0 Å². The summed E-state index contributed by atoms with van der Waals surface area (Å²) in [6, 6.07) is 0. The molecule has 4 nitrogen and oxygen atoms in total. The predicted octanol–water partition coefficient (Wildman–Crippen LogP) is 2.97. The monoisotopic (exact) mass is 292 g/mol. The van der Waals surface area contributed by atoms with Crippen molar-refractivity contribution < 1.29 is 9.90 Å². The van der Waals surface area contributed by atoms with Crippen molar-refractivity contribution in [2.75, 3.05) is 5.32 Å². The van der Waals surface area contributed by atoms with Crippen molar-refractivity contribution in [1.29, 1.82) is 0 Å². The van der Waals surface area contributed by atoms with Crippen molar-refractivity contribution in [2.24, 2.45) is 17.8 Å². The number of carbonyl (C=O) groups is 1. The summed E-state index contributed by atoms with van der Waals surface area (Å²) in [6.07, 6.45) is 9.09. The Kier molecular flexibility index (Phi) is 2.81. The van der Waals surface area contributed by atoms with E-state index in [-0.39, 0.29) is 17.8 Å². The van der Waals surface area contributed by atoms with Crippen molar-refractivity contribution in [1.82, 2.24) is 4.98 Å². The zero-order chi connectivity index (χ0) is 13.7. The summed E-state index contributed by atoms with van der Waals surface area (Å²) in [7, 11) is 0. The molecule has 1 aromatic heterocycles. The molecule has 0 saturated heterocycles. The second kappa shape index (κ2) is 4.45. The lowest BCUT2D eigenvalue weighted by Gasteiger charge is -2.56. The van der Waals surface area contributed by atoms with Gasteiger partial charge in [-0.15, -0.1) is 0 Å². The summed E-state index contributed by atoms with van der Waals surface area (Å²) in [6.45, 7) is 0. The summed E-state index contributed by atoms with van der Waals surface area (Å²) >= 11 is 1.43. The second-order valence-electron chi connectivity index (χ2n) is 6.96. The van der Waals surface area contributed by atoms with Gasteiger partial charge in [0.1, 0.15) is 6.29 Å². The Labute approximate surface area is 122 Å². The molecule has 20 heavy (non-hydrogen) atoms. The van der Waals surface area contributed by atoms with Crippen molar-refractivity contribution >= 4 is 22.8 Å². The molecular formula is C15H20N2O2S. The third kappa shape index (κ3) is 2.03. The Balaban J connectivity index is 1.56. The van der Waals surface area contributed by atoms with Crippen molar-refractivity contribution in [2.45, 2.75) is 50.5 Å². The van der Waals surface area contributed by atoms with Gasteiger partial charge in [0, 0.05) is 12.0 Å². The van der Waals surface area contributed by atoms with E-state index in [1.54, 1.807) is 0 Å². The lowest BCUT2D eigenvalue weighted by Crippen LogP contribution is -2.54. The molecule has 1 heterocycles. The van der Waals surface area contributed by atoms with Crippen LogP contribution in [0.3, 0.4) is 0 Å². The zero-order valence-corrected chi connectivity index (χ0v) is 12.3. The van der Waals surface area contributed by atoms with Crippen LogP contribution in [-0.2, 0) is 11.2 Å². The third-order valence-electron chi connectivity index (χ3n) is 5.36. The number of aromatic nitrogens is 1. The van der Waals surface area contributed by atoms with Crippen LogP contribution in [0.15, 0.2) is 0 Å².